The minimum absolute atomic E-state index is 0.184. The van der Waals surface area contributed by atoms with Gasteiger partial charge in [-0.25, -0.2) is 0 Å². The second-order valence-electron chi connectivity index (χ2n) is 18.3. The van der Waals surface area contributed by atoms with Crippen molar-refractivity contribution in [2.24, 2.45) is 0 Å². The lowest BCUT2D eigenvalue weighted by molar-refractivity contribution is -0.302. The molecule has 0 bridgehead atoms. The van der Waals surface area contributed by atoms with E-state index in [2.05, 4.69) is 19.2 Å². The third kappa shape index (κ3) is 31.7. The molecule has 9 heteroatoms. The Morgan fingerprint density at radius 3 is 1.30 bits per heavy atom. The zero-order valence-corrected chi connectivity index (χ0v) is 39.2. The zero-order chi connectivity index (χ0) is 43.7. The first-order valence-corrected chi connectivity index (χ1v) is 25.9. The first-order chi connectivity index (χ1) is 29.3. The van der Waals surface area contributed by atoms with Crippen molar-refractivity contribution in [2.75, 3.05) is 13.2 Å². The van der Waals surface area contributed by atoms with Crippen molar-refractivity contribution in [2.45, 2.75) is 294 Å². The summed E-state index contributed by atoms with van der Waals surface area (Å²) in [5.74, 6) is -0.184. The smallest absolute Gasteiger partial charge is 0.220 e. The number of allylic oxidation sites excluding steroid dienone is 1. The Hall–Kier alpha value is -1.07. The highest BCUT2D eigenvalue weighted by atomic mass is 16.7. The summed E-state index contributed by atoms with van der Waals surface area (Å²) in [6.07, 6.45) is 43.3. The Kier molecular flexibility index (Phi) is 39.8. The monoisotopic (exact) mass is 854 g/mol. The summed E-state index contributed by atoms with van der Waals surface area (Å²) in [5.41, 5.74) is 0. The fourth-order valence-electron chi connectivity index (χ4n) is 8.45. The zero-order valence-electron chi connectivity index (χ0n) is 39.2. The lowest BCUT2D eigenvalue weighted by Crippen LogP contribution is -2.60. The van der Waals surface area contributed by atoms with Crippen molar-refractivity contribution < 1.29 is 39.8 Å². The Balaban J connectivity index is 2.07. The van der Waals surface area contributed by atoms with Gasteiger partial charge in [-0.15, -0.1) is 0 Å². The minimum atomic E-state index is -1.56. The molecule has 0 saturated carbocycles. The third-order valence-electron chi connectivity index (χ3n) is 12.6. The second-order valence-corrected chi connectivity index (χ2v) is 18.3. The molecule has 0 aromatic carbocycles. The molecule has 0 spiro atoms. The fourth-order valence-corrected chi connectivity index (χ4v) is 8.45. The van der Waals surface area contributed by atoms with Gasteiger partial charge in [-0.2, -0.15) is 0 Å². The van der Waals surface area contributed by atoms with Crippen LogP contribution in [-0.2, 0) is 14.3 Å². The number of aliphatic hydroxyl groups is 5. The molecular formula is C51H99NO8. The van der Waals surface area contributed by atoms with Crippen LogP contribution in [0.1, 0.15) is 251 Å². The van der Waals surface area contributed by atoms with E-state index in [0.717, 1.165) is 44.9 Å². The summed E-state index contributed by atoms with van der Waals surface area (Å²) in [7, 11) is 0. The molecule has 7 atom stereocenters. The summed E-state index contributed by atoms with van der Waals surface area (Å²) >= 11 is 0. The Morgan fingerprint density at radius 1 is 0.550 bits per heavy atom. The molecule has 6 N–H and O–H groups in total. The summed E-state index contributed by atoms with van der Waals surface area (Å²) in [6, 6.07) is -0.797. The van der Waals surface area contributed by atoms with E-state index < -0.39 is 49.5 Å². The van der Waals surface area contributed by atoms with Gasteiger partial charge in [0, 0.05) is 6.42 Å². The van der Waals surface area contributed by atoms with Gasteiger partial charge in [0.1, 0.15) is 24.4 Å². The van der Waals surface area contributed by atoms with Crippen LogP contribution in [0, 0.1) is 0 Å². The Bertz CT molecular complexity index is 950. The predicted octanol–water partition coefficient (Wildman–Crippen LogP) is 11.7. The molecule has 1 aliphatic heterocycles. The van der Waals surface area contributed by atoms with Gasteiger partial charge in [0.05, 0.1) is 25.4 Å². The molecule has 1 fully saturated rings. The molecule has 1 rings (SSSR count). The summed E-state index contributed by atoms with van der Waals surface area (Å²) in [5, 5.41) is 54.0. The number of carbonyl (C=O) groups is 1. The van der Waals surface area contributed by atoms with Crippen molar-refractivity contribution in [1.29, 1.82) is 0 Å². The maximum Gasteiger partial charge on any atom is 0.220 e. The van der Waals surface area contributed by atoms with Gasteiger partial charge in [0.25, 0.3) is 0 Å². The van der Waals surface area contributed by atoms with E-state index in [4.69, 9.17) is 9.47 Å². The average molecular weight is 854 g/mol. The minimum Gasteiger partial charge on any atom is -0.394 e. The summed E-state index contributed by atoms with van der Waals surface area (Å²) in [4.78, 5) is 12.8. The highest BCUT2D eigenvalue weighted by Crippen LogP contribution is 2.23. The van der Waals surface area contributed by atoms with Crippen LogP contribution in [0.4, 0.5) is 0 Å². The average Bonchev–Trinajstić information content (AvgIpc) is 3.25. The van der Waals surface area contributed by atoms with Crippen LogP contribution in [0.3, 0.4) is 0 Å². The van der Waals surface area contributed by atoms with Crippen molar-refractivity contribution in [3.8, 4) is 0 Å². The van der Waals surface area contributed by atoms with E-state index in [1.807, 2.05) is 6.08 Å². The highest BCUT2D eigenvalue weighted by Gasteiger charge is 2.44. The molecule has 9 nitrogen and oxygen atoms in total. The van der Waals surface area contributed by atoms with Crippen LogP contribution in [0.15, 0.2) is 12.2 Å². The van der Waals surface area contributed by atoms with Gasteiger partial charge in [0.2, 0.25) is 5.91 Å². The Labute approximate surface area is 369 Å². The van der Waals surface area contributed by atoms with E-state index in [9.17, 15) is 30.3 Å². The molecule has 0 radical (unpaired) electrons. The van der Waals surface area contributed by atoms with Gasteiger partial charge in [-0.05, 0) is 19.3 Å². The quantitative estimate of drug-likeness (QED) is 0.0262. The van der Waals surface area contributed by atoms with Gasteiger partial charge in [-0.1, -0.05) is 238 Å². The van der Waals surface area contributed by atoms with Crippen LogP contribution in [0.25, 0.3) is 0 Å². The largest absolute Gasteiger partial charge is 0.394 e. The molecule has 60 heavy (non-hydrogen) atoms. The van der Waals surface area contributed by atoms with E-state index >= 15 is 0 Å². The second kappa shape index (κ2) is 41.9. The van der Waals surface area contributed by atoms with Gasteiger partial charge >= 0.3 is 0 Å². The number of carbonyl (C=O) groups excluding carboxylic acids is 1. The maximum absolute atomic E-state index is 12.8. The highest BCUT2D eigenvalue weighted by molar-refractivity contribution is 5.76. The number of nitrogens with one attached hydrogen (secondary N) is 1. The van der Waals surface area contributed by atoms with Crippen LogP contribution >= 0.6 is 0 Å². The topological polar surface area (TPSA) is 149 Å². The van der Waals surface area contributed by atoms with E-state index in [0.29, 0.717) is 6.42 Å². The molecule has 7 unspecified atom stereocenters. The number of unbranched alkanes of at least 4 members (excludes halogenated alkanes) is 34. The predicted molar refractivity (Wildman–Crippen MR) is 249 cm³/mol. The number of amides is 1. The number of hydrogen-bond acceptors (Lipinski definition) is 8. The third-order valence-corrected chi connectivity index (χ3v) is 12.6. The lowest BCUT2D eigenvalue weighted by Gasteiger charge is -2.40. The van der Waals surface area contributed by atoms with Crippen molar-refractivity contribution in [3.05, 3.63) is 12.2 Å². The van der Waals surface area contributed by atoms with Gasteiger partial charge < -0.3 is 40.3 Å². The van der Waals surface area contributed by atoms with E-state index in [1.54, 1.807) is 6.08 Å². The van der Waals surface area contributed by atoms with Crippen molar-refractivity contribution in [1.82, 2.24) is 5.32 Å². The first kappa shape index (κ1) is 56.9. The van der Waals surface area contributed by atoms with Gasteiger partial charge in [0.15, 0.2) is 6.29 Å². The molecular weight excluding hydrogens is 755 g/mol. The summed E-state index contributed by atoms with van der Waals surface area (Å²) < 4.78 is 11.2. The lowest BCUT2D eigenvalue weighted by atomic mass is 9.99. The van der Waals surface area contributed by atoms with E-state index in [-0.39, 0.29) is 12.5 Å². The van der Waals surface area contributed by atoms with Crippen molar-refractivity contribution >= 4 is 5.91 Å². The molecule has 1 saturated heterocycles. The van der Waals surface area contributed by atoms with Gasteiger partial charge in [-0.3, -0.25) is 4.79 Å². The molecule has 0 aliphatic carbocycles. The SMILES string of the molecule is CCCCCCCCCCCCCCCCCCCCCCCCCCCCCCC/C=C/C(O)C(COC1OC(CO)C(O)C(O)C1O)NC(=O)CCCCCCCC. The number of ether oxygens (including phenoxy) is 2. The molecule has 356 valence electrons. The Morgan fingerprint density at radius 2 is 0.917 bits per heavy atom. The molecule has 1 aliphatic rings. The van der Waals surface area contributed by atoms with E-state index in [1.165, 1.54) is 186 Å². The number of rotatable bonds is 44. The fraction of sp³-hybridized carbons (Fsp3) is 0.941. The van der Waals surface area contributed by atoms with Crippen LogP contribution in [0.2, 0.25) is 0 Å². The normalized spacial score (nSPS) is 20.6. The molecule has 0 aromatic rings. The van der Waals surface area contributed by atoms with Crippen molar-refractivity contribution in [3.63, 3.8) is 0 Å². The standard InChI is InChI=1S/C51H99NO8/c1-3-5-7-9-11-12-13-14-15-16-17-18-19-20-21-22-23-24-25-26-27-28-29-30-31-32-33-34-35-36-38-40-45(54)44(52-47(55)41-39-37-10-8-6-4-2)43-59-51-50(58)49(57)48(56)46(42-53)60-51/h38,40,44-46,48-51,53-54,56-58H,3-37,39,41-43H2,1-2H3,(H,52,55)/b40-38+. The number of aliphatic hydroxyl groups excluding tert-OH is 5. The van der Waals surface area contributed by atoms with Crippen LogP contribution in [0.5, 0.6) is 0 Å². The summed E-state index contributed by atoms with van der Waals surface area (Å²) in [6.45, 7) is 3.72. The molecule has 1 heterocycles. The first-order valence-electron chi connectivity index (χ1n) is 25.9. The van der Waals surface area contributed by atoms with Crippen LogP contribution in [-0.4, -0.2) is 87.5 Å². The molecule has 0 aromatic heterocycles. The number of hydrogen-bond donors (Lipinski definition) is 6. The maximum atomic E-state index is 12.8. The van der Waals surface area contributed by atoms with Crippen LogP contribution < -0.4 is 5.32 Å². The molecule has 1 amide bonds.